The zero-order chi connectivity index (χ0) is 12.1. The summed E-state index contributed by atoms with van der Waals surface area (Å²) in [6, 6.07) is 4.02. The van der Waals surface area contributed by atoms with Gasteiger partial charge in [-0.25, -0.2) is 4.79 Å². The Kier molecular flexibility index (Phi) is 3.73. The first-order valence-corrected chi connectivity index (χ1v) is 4.33. The van der Waals surface area contributed by atoms with Crippen LogP contribution in [0.5, 0.6) is 0 Å². The third-order valence-corrected chi connectivity index (χ3v) is 1.89. The quantitative estimate of drug-likeness (QED) is 0.453. The van der Waals surface area contributed by atoms with Gasteiger partial charge in [0.05, 0.1) is 17.1 Å². The number of nitro benzene ring substituents is 1. The molecule has 84 valence electrons. The number of carboxylic acids is 1. The first kappa shape index (κ1) is 11.9. The van der Waals surface area contributed by atoms with Gasteiger partial charge in [0.25, 0.3) is 5.69 Å². The highest BCUT2D eigenvalue weighted by molar-refractivity contribution is 5.85. The number of rotatable bonds is 4. The molecule has 0 radical (unpaired) electrons. The van der Waals surface area contributed by atoms with Gasteiger partial charge < -0.3 is 10.2 Å². The number of hydrogen-bond donors (Lipinski definition) is 2. The maximum absolute atomic E-state index is 10.5. The molecule has 0 aromatic heterocycles. The summed E-state index contributed by atoms with van der Waals surface area (Å²) in [5.41, 5.74) is 0.449. The number of aliphatic carboxylic acids is 1. The Labute approximate surface area is 90.6 Å². The molecule has 0 amide bonds. The second kappa shape index (κ2) is 5.04. The Balaban J connectivity index is 3.09. The summed E-state index contributed by atoms with van der Waals surface area (Å²) in [7, 11) is 0. The van der Waals surface area contributed by atoms with E-state index in [4.69, 9.17) is 10.2 Å². The lowest BCUT2D eigenvalue weighted by molar-refractivity contribution is -0.385. The van der Waals surface area contributed by atoms with Gasteiger partial charge in [-0.05, 0) is 23.8 Å². The number of aliphatic hydroxyl groups is 1. The molecule has 0 saturated carbocycles. The highest BCUT2D eigenvalue weighted by Gasteiger charge is 2.12. The van der Waals surface area contributed by atoms with Crippen LogP contribution in [0.1, 0.15) is 11.1 Å². The van der Waals surface area contributed by atoms with Crippen molar-refractivity contribution in [2.75, 3.05) is 0 Å². The predicted molar refractivity (Wildman–Crippen MR) is 55.7 cm³/mol. The zero-order valence-electron chi connectivity index (χ0n) is 8.16. The van der Waals surface area contributed by atoms with E-state index in [0.717, 1.165) is 6.08 Å². The topological polar surface area (TPSA) is 101 Å². The van der Waals surface area contributed by atoms with Crippen LogP contribution in [0, 0.1) is 10.1 Å². The van der Waals surface area contributed by atoms with Gasteiger partial charge >= 0.3 is 5.97 Å². The van der Waals surface area contributed by atoms with Crippen LogP contribution in [0.2, 0.25) is 0 Å². The minimum absolute atomic E-state index is 0.150. The summed E-state index contributed by atoms with van der Waals surface area (Å²) in [5.74, 6) is -1.11. The summed E-state index contributed by atoms with van der Waals surface area (Å²) >= 11 is 0. The number of nitrogens with zero attached hydrogens (tertiary/aromatic N) is 1. The summed E-state index contributed by atoms with van der Waals surface area (Å²) in [4.78, 5) is 20.2. The molecule has 6 nitrogen and oxygen atoms in total. The number of hydrogen-bond acceptors (Lipinski definition) is 4. The maximum Gasteiger partial charge on any atom is 0.328 e. The average Bonchev–Trinajstić information content (AvgIpc) is 2.25. The average molecular weight is 223 g/mol. The van der Waals surface area contributed by atoms with Crippen LogP contribution in [-0.2, 0) is 11.4 Å². The maximum atomic E-state index is 10.5. The molecular formula is C10H9NO5. The highest BCUT2D eigenvalue weighted by Crippen LogP contribution is 2.20. The van der Waals surface area contributed by atoms with Crippen LogP contribution in [0.3, 0.4) is 0 Å². The van der Waals surface area contributed by atoms with E-state index >= 15 is 0 Å². The molecule has 16 heavy (non-hydrogen) atoms. The molecule has 0 spiro atoms. The predicted octanol–water partition coefficient (Wildman–Crippen LogP) is 1.18. The fourth-order valence-corrected chi connectivity index (χ4v) is 1.18. The molecule has 2 N–H and O–H groups in total. The summed E-state index contributed by atoms with van der Waals surface area (Å²) in [5, 5.41) is 27.9. The molecule has 0 unspecified atom stereocenters. The van der Waals surface area contributed by atoms with Gasteiger partial charge in [0, 0.05) is 12.1 Å². The monoisotopic (exact) mass is 223 g/mol. The van der Waals surface area contributed by atoms with Crippen molar-refractivity contribution in [1.82, 2.24) is 0 Å². The number of aliphatic hydroxyl groups excluding tert-OH is 1. The van der Waals surface area contributed by atoms with Crippen LogP contribution >= 0.6 is 0 Å². The second-order valence-electron chi connectivity index (χ2n) is 2.97. The Morgan fingerprint density at radius 3 is 2.69 bits per heavy atom. The summed E-state index contributed by atoms with van der Waals surface area (Å²) in [6.07, 6.45) is 2.22. The molecular weight excluding hydrogens is 214 g/mol. The fraction of sp³-hybridized carbons (Fsp3) is 0.100. The lowest BCUT2D eigenvalue weighted by atomic mass is 10.1. The van der Waals surface area contributed by atoms with Crippen LogP contribution in [0.15, 0.2) is 24.3 Å². The van der Waals surface area contributed by atoms with Gasteiger partial charge in [0.1, 0.15) is 0 Å². The van der Waals surface area contributed by atoms with Gasteiger partial charge in [0.2, 0.25) is 0 Å². The summed E-state index contributed by atoms with van der Waals surface area (Å²) < 4.78 is 0. The van der Waals surface area contributed by atoms with Gasteiger partial charge in [-0.1, -0.05) is 0 Å². The molecule has 6 heteroatoms. The standard InChI is InChI=1S/C10H9NO5/c12-6-8-5-7(2-4-10(13)14)1-3-9(8)11(15)16/h1-5,12H,6H2,(H,13,14)/b4-2+. The number of nitro groups is 1. The molecule has 0 fully saturated rings. The molecule has 0 bridgehead atoms. The van der Waals surface area contributed by atoms with E-state index in [1.54, 1.807) is 0 Å². The molecule has 0 aliphatic rings. The number of carbonyl (C=O) groups is 1. The summed E-state index contributed by atoms with van der Waals surface area (Å²) in [6.45, 7) is -0.467. The van der Waals surface area contributed by atoms with Crippen molar-refractivity contribution >= 4 is 17.7 Å². The lowest BCUT2D eigenvalue weighted by Crippen LogP contribution is -1.95. The second-order valence-corrected chi connectivity index (χ2v) is 2.97. The van der Waals surface area contributed by atoms with E-state index in [1.165, 1.54) is 24.3 Å². The van der Waals surface area contributed by atoms with Crippen LogP contribution < -0.4 is 0 Å². The van der Waals surface area contributed by atoms with Gasteiger partial charge in [0.15, 0.2) is 0 Å². The van der Waals surface area contributed by atoms with E-state index in [0.29, 0.717) is 5.56 Å². The van der Waals surface area contributed by atoms with Crippen LogP contribution in [-0.4, -0.2) is 21.1 Å². The minimum atomic E-state index is -1.11. The van der Waals surface area contributed by atoms with Crippen molar-refractivity contribution < 1.29 is 19.9 Å². The van der Waals surface area contributed by atoms with Crippen molar-refractivity contribution in [3.8, 4) is 0 Å². The SMILES string of the molecule is O=C(O)/C=C/c1ccc([N+](=O)[O-])c(CO)c1. The highest BCUT2D eigenvalue weighted by atomic mass is 16.6. The first-order chi connectivity index (χ1) is 7.54. The Morgan fingerprint density at radius 2 is 2.19 bits per heavy atom. The van der Waals surface area contributed by atoms with Crippen molar-refractivity contribution in [1.29, 1.82) is 0 Å². The Hall–Kier alpha value is -2.21. The van der Waals surface area contributed by atoms with E-state index in [9.17, 15) is 14.9 Å². The van der Waals surface area contributed by atoms with E-state index < -0.39 is 17.5 Å². The van der Waals surface area contributed by atoms with Gasteiger partial charge in [-0.3, -0.25) is 10.1 Å². The van der Waals surface area contributed by atoms with E-state index in [-0.39, 0.29) is 11.3 Å². The van der Waals surface area contributed by atoms with Gasteiger partial charge in [-0.15, -0.1) is 0 Å². The molecule has 1 aromatic rings. The zero-order valence-corrected chi connectivity index (χ0v) is 8.16. The van der Waals surface area contributed by atoms with E-state index in [1.807, 2.05) is 0 Å². The third-order valence-electron chi connectivity index (χ3n) is 1.89. The Morgan fingerprint density at radius 1 is 1.50 bits per heavy atom. The van der Waals surface area contributed by atoms with Crippen molar-refractivity contribution in [3.05, 3.63) is 45.5 Å². The number of benzene rings is 1. The molecule has 0 heterocycles. The molecule has 1 rings (SSSR count). The van der Waals surface area contributed by atoms with Crippen LogP contribution in [0.4, 0.5) is 5.69 Å². The van der Waals surface area contributed by atoms with Gasteiger partial charge in [-0.2, -0.15) is 0 Å². The molecule has 0 aliphatic carbocycles. The molecule has 1 aromatic carbocycles. The minimum Gasteiger partial charge on any atom is -0.478 e. The third kappa shape index (κ3) is 2.89. The lowest BCUT2D eigenvalue weighted by Gasteiger charge is -2.00. The van der Waals surface area contributed by atoms with Crippen molar-refractivity contribution in [2.45, 2.75) is 6.61 Å². The molecule has 0 aliphatic heterocycles. The van der Waals surface area contributed by atoms with Crippen LogP contribution in [0.25, 0.3) is 6.08 Å². The van der Waals surface area contributed by atoms with E-state index in [2.05, 4.69) is 0 Å². The molecule has 0 atom stereocenters. The Bertz CT molecular complexity index is 453. The normalized spacial score (nSPS) is 10.6. The number of carboxylic acid groups (broad SMARTS) is 1. The van der Waals surface area contributed by atoms with Crippen molar-refractivity contribution in [3.63, 3.8) is 0 Å². The largest absolute Gasteiger partial charge is 0.478 e. The fourth-order valence-electron chi connectivity index (χ4n) is 1.18. The molecule has 0 saturated heterocycles. The smallest absolute Gasteiger partial charge is 0.328 e. The first-order valence-electron chi connectivity index (χ1n) is 4.33. The van der Waals surface area contributed by atoms with Crippen molar-refractivity contribution in [2.24, 2.45) is 0 Å².